The van der Waals surface area contributed by atoms with Crippen LogP contribution >= 0.6 is 0 Å². The fourth-order valence-electron chi connectivity index (χ4n) is 2.20. The SMILES string of the molecule is O=C(O)CC(F)(F)C1Cc2ccccc2C1. The van der Waals surface area contributed by atoms with Crippen LogP contribution in [0.5, 0.6) is 0 Å². The zero-order chi connectivity index (χ0) is 11.8. The van der Waals surface area contributed by atoms with Crippen molar-refractivity contribution in [2.75, 3.05) is 0 Å². The van der Waals surface area contributed by atoms with Crippen molar-refractivity contribution >= 4 is 5.97 Å². The van der Waals surface area contributed by atoms with E-state index in [1.165, 1.54) is 0 Å². The molecule has 0 saturated carbocycles. The number of fused-ring (bicyclic) bond motifs is 1. The number of halogens is 2. The molecule has 86 valence electrons. The van der Waals surface area contributed by atoms with E-state index < -0.39 is 24.2 Å². The first kappa shape index (κ1) is 11.0. The second-order valence-electron chi connectivity index (χ2n) is 4.21. The summed E-state index contributed by atoms with van der Waals surface area (Å²) >= 11 is 0. The first-order valence-electron chi connectivity index (χ1n) is 5.15. The highest BCUT2D eigenvalue weighted by Crippen LogP contribution is 2.38. The van der Waals surface area contributed by atoms with Crippen molar-refractivity contribution in [1.82, 2.24) is 0 Å². The molecule has 0 spiro atoms. The molecule has 1 aliphatic rings. The monoisotopic (exact) mass is 226 g/mol. The molecule has 0 amide bonds. The van der Waals surface area contributed by atoms with Crippen molar-refractivity contribution in [3.63, 3.8) is 0 Å². The quantitative estimate of drug-likeness (QED) is 0.859. The molecule has 4 heteroatoms. The van der Waals surface area contributed by atoms with Crippen LogP contribution in [-0.4, -0.2) is 17.0 Å². The molecule has 0 bridgehead atoms. The van der Waals surface area contributed by atoms with Gasteiger partial charge in [-0.05, 0) is 24.0 Å². The van der Waals surface area contributed by atoms with E-state index in [1.54, 1.807) is 0 Å². The third-order valence-electron chi connectivity index (χ3n) is 3.04. The van der Waals surface area contributed by atoms with Crippen molar-refractivity contribution in [2.24, 2.45) is 5.92 Å². The minimum atomic E-state index is -3.12. The van der Waals surface area contributed by atoms with Gasteiger partial charge in [0.2, 0.25) is 0 Å². The summed E-state index contributed by atoms with van der Waals surface area (Å²) in [6.45, 7) is 0. The largest absolute Gasteiger partial charge is 0.481 e. The number of carboxylic acids is 1. The van der Waals surface area contributed by atoms with Gasteiger partial charge in [-0.1, -0.05) is 24.3 Å². The zero-order valence-corrected chi connectivity index (χ0v) is 8.62. The number of alkyl halides is 2. The first-order chi connectivity index (χ1) is 7.49. The number of aliphatic carboxylic acids is 1. The summed E-state index contributed by atoms with van der Waals surface area (Å²) in [4.78, 5) is 10.4. The summed E-state index contributed by atoms with van der Waals surface area (Å²) in [6.07, 6.45) is -0.529. The van der Waals surface area contributed by atoms with Gasteiger partial charge in [-0.3, -0.25) is 4.79 Å². The average molecular weight is 226 g/mol. The minimum absolute atomic E-state index is 0.274. The van der Waals surface area contributed by atoms with Gasteiger partial charge in [0.15, 0.2) is 0 Å². The molecule has 0 atom stereocenters. The lowest BCUT2D eigenvalue weighted by Gasteiger charge is -2.20. The molecule has 0 fully saturated rings. The Labute approximate surface area is 91.9 Å². The normalized spacial score (nSPS) is 16.1. The molecule has 0 heterocycles. The van der Waals surface area contributed by atoms with Gasteiger partial charge < -0.3 is 5.11 Å². The second-order valence-corrected chi connectivity index (χ2v) is 4.21. The highest BCUT2D eigenvalue weighted by Gasteiger charge is 2.44. The van der Waals surface area contributed by atoms with Crippen LogP contribution in [0.2, 0.25) is 0 Å². The van der Waals surface area contributed by atoms with Gasteiger partial charge in [0.1, 0.15) is 6.42 Å². The third-order valence-corrected chi connectivity index (χ3v) is 3.04. The molecule has 1 aromatic carbocycles. The van der Waals surface area contributed by atoms with Gasteiger partial charge in [0.25, 0.3) is 5.92 Å². The standard InChI is InChI=1S/C12H12F2O2/c13-12(14,7-11(15)16)10-5-8-3-1-2-4-9(8)6-10/h1-4,10H,5-7H2,(H,15,16). The van der Waals surface area contributed by atoms with Gasteiger partial charge in [0, 0.05) is 5.92 Å². The van der Waals surface area contributed by atoms with Crippen LogP contribution in [0.3, 0.4) is 0 Å². The van der Waals surface area contributed by atoms with Gasteiger partial charge >= 0.3 is 5.97 Å². The van der Waals surface area contributed by atoms with E-state index in [4.69, 9.17) is 5.11 Å². The Morgan fingerprint density at radius 1 is 1.31 bits per heavy atom. The lowest BCUT2D eigenvalue weighted by atomic mass is 9.95. The molecule has 0 aromatic heterocycles. The molecular weight excluding hydrogens is 214 g/mol. The van der Waals surface area contributed by atoms with Crippen LogP contribution in [0, 0.1) is 5.92 Å². The zero-order valence-electron chi connectivity index (χ0n) is 8.62. The highest BCUT2D eigenvalue weighted by molar-refractivity contribution is 5.68. The van der Waals surface area contributed by atoms with Crippen LogP contribution < -0.4 is 0 Å². The predicted octanol–water partition coefficient (Wildman–Crippen LogP) is 2.51. The van der Waals surface area contributed by atoms with Crippen molar-refractivity contribution in [3.8, 4) is 0 Å². The van der Waals surface area contributed by atoms with Crippen LogP contribution in [0.15, 0.2) is 24.3 Å². The summed E-state index contributed by atoms with van der Waals surface area (Å²) < 4.78 is 27.1. The van der Waals surface area contributed by atoms with E-state index in [2.05, 4.69) is 0 Å². The molecule has 2 nitrogen and oxygen atoms in total. The Balaban J connectivity index is 2.13. The molecule has 1 aliphatic carbocycles. The molecule has 1 aromatic rings. The molecule has 0 unspecified atom stereocenters. The Morgan fingerprint density at radius 2 is 1.81 bits per heavy atom. The average Bonchev–Trinajstić information content (AvgIpc) is 2.59. The summed E-state index contributed by atoms with van der Waals surface area (Å²) in [7, 11) is 0. The smallest absolute Gasteiger partial charge is 0.309 e. The first-order valence-corrected chi connectivity index (χ1v) is 5.15. The van der Waals surface area contributed by atoms with Crippen LogP contribution in [0.1, 0.15) is 17.5 Å². The number of benzene rings is 1. The van der Waals surface area contributed by atoms with Gasteiger partial charge in [0.05, 0.1) is 0 Å². The van der Waals surface area contributed by atoms with Gasteiger partial charge in [-0.15, -0.1) is 0 Å². The van der Waals surface area contributed by atoms with E-state index in [-0.39, 0.29) is 12.8 Å². The maximum atomic E-state index is 13.6. The van der Waals surface area contributed by atoms with Crippen LogP contribution in [0.25, 0.3) is 0 Å². The third kappa shape index (κ3) is 2.05. The highest BCUT2D eigenvalue weighted by atomic mass is 19.3. The van der Waals surface area contributed by atoms with E-state index in [0.29, 0.717) is 0 Å². The fourth-order valence-corrected chi connectivity index (χ4v) is 2.20. The summed E-state index contributed by atoms with van der Waals surface area (Å²) in [5.41, 5.74) is 1.83. The number of hydrogen-bond donors (Lipinski definition) is 1. The maximum Gasteiger partial charge on any atom is 0.309 e. The van der Waals surface area contributed by atoms with E-state index >= 15 is 0 Å². The Kier molecular flexibility index (Phi) is 2.66. The Morgan fingerprint density at radius 3 is 2.25 bits per heavy atom. The number of carboxylic acid groups (broad SMARTS) is 1. The molecule has 2 rings (SSSR count). The van der Waals surface area contributed by atoms with E-state index in [0.717, 1.165) is 11.1 Å². The number of hydrogen-bond acceptors (Lipinski definition) is 1. The molecule has 0 radical (unpaired) electrons. The van der Waals surface area contributed by atoms with Crippen molar-refractivity contribution in [1.29, 1.82) is 0 Å². The van der Waals surface area contributed by atoms with Gasteiger partial charge in [-0.25, -0.2) is 8.78 Å². The summed E-state index contributed by atoms with van der Waals surface area (Å²) in [5.74, 6) is -5.44. The van der Waals surface area contributed by atoms with Gasteiger partial charge in [-0.2, -0.15) is 0 Å². The van der Waals surface area contributed by atoms with E-state index in [1.807, 2.05) is 24.3 Å². The van der Waals surface area contributed by atoms with Crippen molar-refractivity contribution in [3.05, 3.63) is 35.4 Å². The molecule has 0 aliphatic heterocycles. The molecular formula is C12H12F2O2. The maximum absolute atomic E-state index is 13.6. The lowest BCUT2D eigenvalue weighted by molar-refractivity contribution is -0.149. The second kappa shape index (κ2) is 3.85. The topological polar surface area (TPSA) is 37.3 Å². The van der Waals surface area contributed by atoms with E-state index in [9.17, 15) is 13.6 Å². The summed E-state index contributed by atoms with van der Waals surface area (Å²) in [6, 6.07) is 7.28. The molecule has 0 saturated heterocycles. The molecule has 16 heavy (non-hydrogen) atoms. The van der Waals surface area contributed by atoms with Crippen LogP contribution in [0.4, 0.5) is 8.78 Å². The summed E-state index contributed by atoms with van der Waals surface area (Å²) in [5, 5.41) is 8.45. The number of rotatable bonds is 3. The predicted molar refractivity (Wildman–Crippen MR) is 54.5 cm³/mol. The Hall–Kier alpha value is -1.45. The van der Waals surface area contributed by atoms with Crippen molar-refractivity contribution in [2.45, 2.75) is 25.2 Å². The minimum Gasteiger partial charge on any atom is -0.481 e. The van der Waals surface area contributed by atoms with Crippen molar-refractivity contribution < 1.29 is 18.7 Å². The van der Waals surface area contributed by atoms with Crippen LogP contribution in [-0.2, 0) is 17.6 Å². The Bertz CT molecular complexity index is 390. The number of carbonyl (C=O) groups is 1. The molecule has 1 N–H and O–H groups in total. The lowest BCUT2D eigenvalue weighted by Crippen LogP contribution is -2.31. The fraction of sp³-hybridized carbons (Fsp3) is 0.417.